The average Bonchev–Trinajstić information content (AvgIpc) is 3.29. The highest BCUT2D eigenvalue weighted by Crippen LogP contribution is 2.33. The lowest BCUT2D eigenvalue weighted by Crippen LogP contribution is -2.54. The van der Waals surface area contributed by atoms with Crippen LogP contribution in [0.3, 0.4) is 0 Å². The number of benzene rings is 1. The Labute approximate surface area is 246 Å². The normalized spacial score (nSPS) is 18.7. The molecule has 1 fully saturated rings. The first kappa shape index (κ1) is 34.2. The zero-order valence-electron chi connectivity index (χ0n) is 24.8. The molecule has 0 bridgehead atoms. The van der Waals surface area contributed by atoms with Crippen molar-refractivity contribution in [2.75, 3.05) is 12.3 Å². The van der Waals surface area contributed by atoms with Gasteiger partial charge < -0.3 is 20.5 Å². The number of amides is 3. The molecule has 40 heavy (non-hydrogen) atoms. The second-order valence-electron chi connectivity index (χ2n) is 11.9. The third-order valence-electron chi connectivity index (χ3n) is 6.90. The standard InChI is InChI=1S/C30H47N3O5S2/c1-7-31-29(37)27(35)24(19-21-12-14-22(15-13-21)30(4,5)6)33-28(36)25(18-20(2)3)32-26(34)11-9-8-10-23-16-17-39-40(23)38/h12-15,20,23-25H,7-11,16-19H2,1-6H3,(H,31,37)(H,32,34)(H,33,36)/t23?,24-,25-,40?/m0/s1. The number of Topliss-reactive ketones (excluding diaryl/α,β-unsaturated/α-hetero) is 1. The molecule has 0 radical (unpaired) electrons. The molecule has 1 aliphatic heterocycles. The Morgan fingerprint density at radius 3 is 2.27 bits per heavy atom. The number of nitrogens with one attached hydrogen (secondary N) is 3. The third kappa shape index (κ3) is 11.4. The number of ketones is 1. The van der Waals surface area contributed by atoms with Gasteiger partial charge in [-0.3, -0.25) is 19.2 Å². The fourth-order valence-corrected chi connectivity index (χ4v) is 8.08. The summed E-state index contributed by atoms with van der Waals surface area (Å²) in [5.74, 6) is -1.12. The van der Waals surface area contributed by atoms with E-state index in [1.54, 1.807) is 6.92 Å². The Balaban J connectivity index is 2.06. The lowest BCUT2D eigenvalue weighted by Gasteiger charge is -2.24. The maximum Gasteiger partial charge on any atom is 0.289 e. The molecule has 1 heterocycles. The van der Waals surface area contributed by atoms with Gasteiger partial charge in [0, 0.05) is 41.8 Å². The largest absolute Gasteiger partial charge is 0.605 e. The molecule has 0 spiro atoms. The van der Waals surface area contributed by atoms with Crippen molar-refractivity contribution < 1.29 is 23.7 Å². The average molecular weight is 594 g/mol. The van der Waals surface area contributed by atoms with E-state index < -0.39 is 39.9 Å². The van der Waals surface area contributed by atoms with Crippen molar-refractivity contribution in [1.82, 2.24) is 16.0 Å². The molecule has 2 unspecified atom stereocenters. The van der Waals surface area contributed by atoms with Crippen LogP contribution in [-0.2, 0) is 41.2 Å². The number of hydrogen-bond acceptors (Lipinski definition) is 6. The van der Waals surface area contributed by atoms with Gasteiger partial charge in [0.15, 0.2) is 0 Å². The summed E-state index contributed by atoms with van der Waals surface area (Å²) >= 11 is 0. The molecule has 0 aliphatic carbocycles. The highest BCUT2D eigenvalue weighted by molar-refractivity contribution is 8.72. The Kier molecular flexibility index (Phi) is 14.0. The van der Waals surface area contributed by atoms with Gasteiger partial charge in [0.1, 0.15) is 17.3 Å². The highest BCUT2D eigenvalue weighted by atomic mass is 33.1. The maximum atomic E-state index is 13.4. The molecule has 1 aromatic carbocycles. The van der Waals surface area contributed by atoms with E-state index in [2.05, 4.69) is 36.7 Å². The summed E-state index contributed by atoms with van der Waals surface area (Å²) in [6, 6.07) is 5.94. The van der Waals surface area contributed by atoms with Crippen LogP contribution in [-0.4, -0.2) is 57.7 Å². The Morgan fingerprint density at radius 2 is 1.73 bits per heavy atom. The summed E-state index contributed by atoms with van der Waals surface area (Å²) in [6.07, 6.45) is 4.09. The zero-order chi connectivity index (χ0) is 29.9. The van der Waals surface area contributed by atoms with E-state index in [4.69, 9.17) is 0 Å². The van der Waals surface area contributed by atoms with Crippen molar-refractivity contribution in [3.05, 3.63) is 35.4 Å². The highest BCUT2D eigenvalue weighted by Gasteiger charge is 2.32. The van der Waals surface area contributed by atoms with Crippen LogP contribution in [0.25, 0.3) is 0 Å². The van der Waals surface area contributed by atoms with Gasteiger partial charge in [0.05, 0.1) is 10.8 Å². The van der Waals surface area contributed by atoms with E-state index in [9.17, 15) is 23.7 Å². The van der Waals surface area contributed by atoms with Gasteiger partial charge in [-0.25, -0.2) is 0 Å². The fraction of sp³-hybridized carbons (Fsp3) is 0.667. The van der Waals surface area contributed by atoms with Crippen LogP contribution in [0.1, 0.15) is 91.2 Å². The first-order chi connectivity index (χ1) is 18.8. The first-order valence-corrected chi connectivity index (χ1v) is 17.1. The number of likely N-dealkylation sites (N-methyl/N-ethyl adjacent to an activating group) is 1. The smallest absolute Gasteiger partial charge is 0.289 e. The van der Waals surface area contributed by atoms with Crippen molar-refractivity contribution in [2.24, 2.45) is 5.92 Å². The summed E-state index contributed by atoms with van der Waals surface area (Å²) in [5.41, 5.74) is 1.93. The molecule has 3 amide bonds. The Hall–Kier alpha value is -2.04. The summed E-state index contributed by atoms with van der Waals surface area (Å²) in [4.78, 5) is 51.6. The molecule has 8 nitrogen and oxygen atoms in total. The van der Waals surface area contributed by atoms with Crippen LogP contribution in [0.2, 0.25) is 0 Å². The van der Waals surface area contributed by atoms with E-state index in [0.717, 1.165) is 36.1 Å². The number of carbonyl (C=O) groups excluding carboxylic acids is 4. The lowest BCUT2D eigenvalue weighted by molar-refractivity contribution is -0.140. The van der Waals surface area contributed by atoms with Crippen molar-refractivity contribution in [2.45, 2.75) is 109 Å². The molecular formula is C30H47N3O5S2. The maximum absolute atomic E-state index is 13.4. The number of unbranched alkanes of at least 4 members (excludes halogenated alkanes) is 1. The van der Waals surface area contributed by atoms with Crippen molar-refractivity contribution >= 4 is 44.5 Å². The van der Waals surface area contributed by atoms with Crippen LogP contribution < -0.4 is 16.0 Å². The van der Waals surface area contributed by atoms with E-state index in [1.807, 2.05) is 38.1 Å². The van der Waals surface area contributed by atoms with Crippen LogP contribution in [0.4, 0.5) is 0 Å². The van der Waals surface area contributed by atoms with Crippen molar-refractivity contribution in [1.29, 1.82) is 0 Å². The van der Waals surface area contributed by atoms with Crippen LogP contribution >= 0.6 is 10.8 Å². The summed E-state index contributed by atoms with van der Waals surface area (Å²) in [6.45, 7) is 12.3. The molecular weight excluding hydrogens is 546 g/mol. The summed E-state index contributed by atoms with van der Waals surface area (Å²) in [7, 11) is 0.674. The molecule has 10 heteroatoms. The predicted octanol–water partition coefficient (Wildman–Crippen LogP) is 3.98. The van der Waals surface area contributed by atoms with Gasteiger partial charge >= 0.3 is 0 Å². The van der Waals surface area contributed by atoms with Gasteiger partial charge in [-0.15, -0.1) is 0 Å². The predicted molar refractivity (Wildman–Crippen MR) is 163 cm³/mol. The SMILES string of the molecule is CCNC(=O)C(=O)[C@H](Cc1ccc(C(C)(C)C)cc1)NC(=O)[C@H](CC(C)C)NC(=O)CCCCC1CCS[S+]1[O-]. The number of rotatable bonds is 15. The molecule has 1 saturated heterocycles. The van der Waals surface area contributed by atoms with Crippen LogP contribution in [0.15, 0.2) is 24.3 Å². The second kappa shape index (κ2) is 16.4. The van der Waals surface area contributed by atoms with Crippen molar-refractivity contribution in [3.8, 4) is 0 Å². The van der Waals surface area contributed by atoms with Crippen LogP contribution in [0.5, 0.6) is 0 Å². The number of carbonyl (C=O) groups is 4. The van der Waals surface area contributed by atoms with Crippen molar-refractivity contribution in [3.63, 3.8) is 0 Å². The molecule has 0 saturated carbocycles. The number of hydrogen-bond donors (Lipinski definition) is 3. The quantitative estimate of drug-likeness (QED) is 0.122. The third-order valence-corrected chi connectivity index (χ3v) is 10.6. The molecule has 1 aromatic rings. The van der Waals surface area contributed by atoms with E-state index in [1.165, 1.54) is 10.8 Å². The van der Waals surface area contributed by atoms with Gasteiger partial charge in [-0.2, -0.15) is 0 Å². The van der Waals surface area contributed by atoms with Gasteiger partial charge in [-0.05, 0) is 55.1 Å². The minimum Gasteiger partial charge on any atom is -0.605 e. The topological polar surface area (TPSA) is 127 Å². The molecule has 1 aliphatic rings. The molecule has 224 valence electrons. The monoisotopic (exact) mass is 593 g/mol. The Bertz CT molecular complexity index is 994. The molecule has 3 N–H and O–H groups in total. The van der Waals surface area contributed by atoms with Crippen LogP contribution in [0, 0.1) is 5.92 Å². The summed E-state index contributed by atoms with van der Waals surface area (Å²) < 4.78 is 11.9. The van der Waals surface area contributed by atoms with Gasteiger partial charge in [-0.1, -0.05) is 58.9 Å². The second-order valence-corrected chi connectivity index (χ2v) is 15.4. The van der Waals surface area contributed by atoms with E-state index >= 15 is 0 Å². The van der Waals surface area contributed by atoms with Gasteiger partial charge in [0.25, 0.3) is 5.91 Å². The Morgan fingerprint density at radius 1 is 1.05 bits per heavy atom. The first-order valence-electron chi connectivity index (χ1n) is 14.4. The minimum absolute atomic E-state index is 0.0281. The minimum atomic E-state index is -1.06. The van der Waals surface area contributed by atoms with Gasteiger partial charge in [0.2, 0.25) is 17.6 Å². The van der Waals surface area contributed by atoms with E-state index in [-0.39, 0.29) is 35.3 Å². The zero-order valence-corrected chi connectivity index (χ0v) is 26.5. The van der Waals surface area contributed by atoms with E-state index in [0.29, 0.717) is 19.4 Å². The molecule has 4 atom stereocenters. The fourth-order valence-electron chi connectivity index (χ4n) is 4.59. The molecule has 2 rings (SSSR count). The summed E-state index contributed by atoms with van der Waals surface area (Å²) in [5, 5.41) is 8.35. The lowest BCUT2D eigenvalue weighted by atomic mass is 9.86. The molecule has 0 aromatic heterocycles.